The Morgan fingerprint density at radius 2 is 2.08 bits per heavy atom. The minimum absolute atomic E-state index is 0.225. The van der Waals surface area contributed by atoms with E-state index in [4.69, 9.17) is 10.00 Å². The lowest BCUT2D eigenvalue weighted by Gasteiger charge is -2.05. The lowest BCUT2D eigenvalue weighted by atomic mass is 10.2. The molecule has 0 bridgehead atoms. The predicted molar refractivity (Wildman–Crippen MR) is 45.7 cm³/mol. The van der Waals surface area contributed by atoms with Crippen molar-refractivity contribution in [2.45, 2.75) is 26.7 Å². The number of carbonyl (C=O) groups excluding carboxylic acids is 2. The van der Waals surface area contributed by atoms with Gasteiger partial charge < -0.3 is 4.74 Å². The minimum atomic E-state index is -0.547. The van der Waals surface area contributed by atoms with Gasteiger partial charge in [-0.15, -0.1) is 0 Å². The largest absolute Gasteiger partial charge is 0.465 e. The van der Waals surface area contributed by atoms with Crippen molar-refractivity contribution < 1.29 is 14.3 Å². The molecule has 0 aliphatic carbocycles. The maximum absolute atomic E-state index is 10.9. The summed E-state index contributed by atoms with van der Waals surface area (Å²) in [6.45, 7) is 4.13. The van der Waals surface area contributed by atoms with E-state index in [1.165, 1.54) is 0 Å². The van der Waals surface area contributed by atoms with Crippen LogP contribution in [-0.2, 0) is 14.3 Å². The third-order valence-electron chi connectivity index (χ3n) is 1.20. The van der Waals surface area contributed by atoms with Crippen LogP contribution in [0.25, 0.3) is 0 Å². The normalized spacial score (nSPS) is 9.38. The first-order valence-electron chi connectivity index (χ1n) is 4.10. The highest BCUT2D eigenvalue weighted by atomic mass is 16.5. The summed E-state index contributed by atoms with van der Waals surface area (Å²) in [4.78, 5) is 21.7. The molecular formula is C9H13NO3. The van der Waals surface area contributed by atoms with Gasteiger partial charge in [-0.1, -0.05) is 13.8 Å². The summed E-state index contributed by atoms with van der Waals surface area (Å²) in [5.41, 5.74) is 0. The van der Waals surface area contributed by atoms with Crippen molar-refractivity contribution in [3.63, 3.8) is 0 Å². The molecule has 0 atom stereocenters. The lowest BCUT2D eigenvalue weighted by molar-refractivity contribution is -0.146. The van der Waals surface area contributed by atoms with E-state index < -0.39 is 11.8 Å². The number of Topliss-reactive ketones (excluding diaryl/α,β-unsaturated/α-hetero) is 1. The SMILES string of the molecule is CC(C)COC(=O)CC(=O)CC#N. The fourth-order valence-electron chi connectivity index (χ4n) is 0.622. The van der Waals surface area contributed by atoms with Gasteiger partial charge in [-0.05, 0) is 5.92 Å². The summed E-state index contributed by atoms with van der Waals surface area (Å²) in [6.07, 6.45) is -0.517. The first kappa shape index (κ1) is 11.6. The Hall–Kier alpha value is -1.37. The van der Waals surface area contributed by atoms with E-state index in [-0.39, 0.29) is 18.8 Å². The molecule has 0 N–H and O–H groups in total. The van der Waals surface area contributed by atoms with Gasteiger partial charge >= 0.3 is 5.97 Å². The number of ether oxygens (including phenoxy) is 1. The zero-order chi connectivity index (χ0) is 10.3. The van der Waals surface area contributed by atoms with E-state index >= 15 is 0 Å². The molecule has 0 rings (SSSR count). The average molecular weight is 183 g/mol. The Labute approximate surface area is 77.5 Å². The van der Waals surface area contributed by atoms with Crippen LogP contribution >= 0.6 is 0 Å². The van der Waals surface area contributed by atoms with Gasteiger partial charge in [0.05, 0.1) is 19.1 Å². The van der Waals surface area contributed by atoms with Crippen LogP contribution in [0, 0.1) is 17.2 Å². The van der Waals surface area contributed by atoms with Crippen molar-refractivity contribution in [2.75, 3.05) is 6.61 Å². The highest BCUT2D eigenvalue weighted by molar-refractivity contribution is 5.96. The van der Waals surface area contributed by atoms with Crippen LogP contribution in [0.15, 0.2) is 0 Å². The maximum atomic E-state index is 10.9. The van der Waals surface area contributed by atoms with Gasteiger partial charge in [0.15, 0.2) is 5.78 Å². The number of nitrogens with zero attached hydrogens (tertiary/aromatic N) is 1. The molecule has 0 unspecified atom stereocenters. The molecule has 0 aliphatic rings. The molecule has 0 amide bonds. The summed E-state index contributed by atoms with van der Waals surface area (Å²) < 4.78 is 4.75. The Kier molecular flexibility index (Phi) is 5.53. The molecular weight excluding hydrogens is 170 g/mol. The lowest BCUT2D eigenvalue weighted by Crippen LogP contribution is -2.13. The molecule has 0 saturated heterocycles. The van der Waals surface area contributed by atoms with Gasteiger partial charge in [0.25, 0.3) is 0 Å². The van der Waals surface area contributed by atoms with Crippen LogP contribution in [0.4, 0.5) is 0 Å². The van der Waals surface area contributed by atoms with Gasteiger partial charge in [0.1, 0.15) is 6.42 Å². The number of nitriles is 1. The Morgan fingerprint density at radius 1 is 1.46 bits per heavy atom. The average Bonchev–Trinajstić information content (AvgIpc) is 2.01. The number of hydrogen-bond acceptors (Lipinski definition) is 4. The number of hydrogen-bond donors (Lipinski definition) is 0. The first-order valence-corrected chi connectivity index (χ1v) is 4.10. The molecule has 4 nitrogen and oxygen atoms in total. The fraction of sp³-hybridized carbons (Fsp3) is 0.667. The van der Waals surface area contributed by atoms with Gasteiger partial charge in [0.2, 0.25) is 0 Å². The zero-order valence-corrected chi connectivity index (χ0v) is 7.87. The van der Waals surface area contributed by atoms with Crippen molar-refractivity contribution in [1.29, 1.82) is 5.26 Å². The monoisotopic (exact) mass is 183 g/mol. The maximum Gasteiger partial charge on any atom is 0.313 e. The second-order valence-electron chi connectivity index (χ2n) is 3.13. The van der Waals surface area contributed by atoms with Crippen LogP contribution < -0.4 is 0 Å². The van der Waals surface area contributed by atoms with Gasteiger partial charge in [-0.25, -0.2) is 0 Å². The van der Waals surface area contributed by atoms with Crippen LogP contribution in [-0.4, -0.2) is 18.4 Å². The number of rotatable bonds is 5. The highest BCUT2D eigenvalue weighted by Gasteiger charge is 2.10. The highest BCUT2D eigenvalue weighted by Crippen LogP contribution is 1.97. The topological polar surface area (TPSA) is 67.2 Å². The Bertz CT molecular complexity index is 228. The second kappa shape index (κ2) is 6.18. The summed E-state index contributed by atoms with van der Waals surface area (Å²) in [5.74, 6) is -0.680. The molecule has 0 heterocycles. The molecule has 0 fully saturated rings. The second-order valence-corrected chi connectivity index (χ2v) is 3.13. The summed E-state index contributed by atoms with van der Waals surface area (Å²) >= 11 is 0. The summed E-state index contributed by atoms with van der Waals surface area (Å²) in [6, 6.07) is 1.68. The van der Waals surface area contributed by atoms with Crippen LogP contribution in [0.5, 0.6) is 0 Å². The third-order valence-corrected chi connectivity index (χ3v) is 1.20. The summed E-state index contributed by atoms with van der Waals surface area (Å²) in [7, 11) is 0. The molecule has 13 heavy (non-hydrogen) atoms. The van der Waals surface area contributed by atoms with Crippen LogP contribution in [0.2, 0.25) is 0 Å². The van der Waals surface area contributed by atoms with Gasteiger partial charge in [0, 0.05) is 0 Å². The molecule has 0 spiro atoms. The van der Waals surface area contributed by atoms with Crippen molar-refractivity contribution in [3.05, 3.63) is 0 Å². The molecule has 0 aliphatic heterocycles. The zero-order valence-electron chi connectivity index (χ0n) is 7.87. The van der Waals surface area contributed by atoms with E-state index in [9.17, 15) is 9.59 Å². The number of carbonyl (C=O) groups is 2. The third kappa shape index (κ3) is 7.01. The summed E-state index contributed by atoms with van der Waals surface area (Å²) in [5, 5.41) is 8.14. The molecule has 0 saturated carbocycles. The van der Waals surface area contributed by atoms with Crippen molar-refractivity contribution in [1.82, 2.24) is 0 Å². The minimum Gasteiger partial charge on any atom is -0.465 e. The van der Waals surface area contributed by atoms with Gasteiger partial charge in [-0.2, -0.15) is 5.26 Å². The standard InChI is InChI=1S/C9H13NO3/c1-7(2)6-13-9(12)5-8(11)3-4-10/h7H,3,5-6H2,1-2H3. The van der Waals surface area contributed by atoms with E-state index in [0.29, 0.717) is 6.61 Å². The first-order chi connectivity index (χ1) is 6.06. The van der Waals surface area contributed by atoms with Crippen molar-refractivity contribution in [3.8, 4) is 6.07 Å². The van der Waals surface area contributed by atoms with Crippen LogP contribution in [0.3, 0.4) is 0 Å². The molecule has 0 aromatic carbocycles. The molecule has 0 aromatic rings. The molecule has 0 aromatic heterocycles. The van der Waals surface area contributed by atoms with Crippen molar-refractivity contribution in [2.24, 2.45) is 5.92 Å². The van der Waals surface area contributed by atoms with Crippen molar-refractivity contribution >= 4 is 11.8 Å². The molecule has 4 heteroatoms. The van der Waals surface area contributed by atoms with Crippen LogP contribution in [0.1, 0.15) is 26.7 Å². The smallest absolute Gasteiger partial charge is 0.313 e. The Morgan fingerprint density at radius 3 is 2.54 bits per heavy atom. The van der Waals surface area contributed by atoms with Gasteiger partial charge in [-0.3, -0.25) is 9.59 Å². The fourth-order valence-corrected chi connectivity index (χ4v) is 0.622. The predicted octanol–water partition coefficient (Wildman–Crippen LogP) is 1.06. The molecule has 72 valence electrons. The van der Waals surface area contributed by atoms with E-state index in [2.05, 4.69) is 0 Å². The van der Waals surface area contributed by atoms with E-state index in [1.54, 1.807) is 6.07 Å². The quantitative estimate of drug-likeness (QED) is 0.472. The van der Waals surface area contributed by atoms with E-state index in [0.717, 1.165) is 0 Å². The number of ketones is 1. The Balaban J connectivity index is 3.63. The van der Waals surface area contributed by atoms with E-state index in [1.807, 2.05) is 13.8 Å². The molecule has 0 radical (unpaired) electrons. The number of esters is 1.